The van der Waals surface area contributed by atoms with Crippen molar-refractivity contribution < 1.29 is 0 Å². The first-order valence-corrected chi connectivity index (χ1v) is 6.76. The van der Waals surface area contributed by atoms with Crippen LogP contribution in [0.1, 0.15) is 41.0 Å². The van der Waals surface area contributed by atoms with Gasteiger partial charge in [-0.2, -0.15) is 0 Å². The Balaban J connectivity index is -0.000000163. The highest BCUT2D eigenvalue weighted by Gasteiger charge is 2.01. The second-order valence-corrected chi connectivity index (χ2v) is 3.47. The van der Waals surface area contributed by atoms with Crippen molar-refractivity contribution in [1.29, 1.82) is 0 Å². The molecule has 0 atom stereocenters. The lowest BCUT2D eigenvalue weighted by Gasteiger charge is -2.21. The second-order valence-electron chi connectivity index (χ2n) is 3.47. The Bertz CT molecular complexity index is 79.2. The van der Waals surface area contributed by atoms with Crippen LogP contribution in [0.2, 0.25) is 0 Å². The molecule has 2 N–H and O–H groups in total. The van der Waals surface area contributed by atoms with Crippen molar-refractivity contribution in [3.8, 4) is 0 Å². The van der Waals surface area contributed by atoms with E-state index < -0.39 is 0 Å². The lowest BCUT2D eigenvalue weighted by molar-refractivity contribution is 0.291. The van der Waals surface area contributed by atoms with E-state index in [1.807, 2.05) is 20.9 Å². The third-order valence-electron chi connectivity index (χ3n) is 1.69. The Labute approximate surface area is 104 Å². The minimum atomic E-state index is 1.07. The van der Waals surface area contributed by atoms with Gasteiger partial charge < -0.3 is 15.5 Å². The maximum Gasteiger partial charge on any atom is 0.0104 e. The fourth-order valence-electron chi connectivity index (χ4n) is 0.777. The zero-order chi connectivity index (χ0) is 13.2. The van der Waals surface area contributed by atoms with Crippen LogP contribution in [0.5, 0.6) is 0 Å². The maximum absolute atomic E-state index is 3.27. The number of nitrogens with zero attached hydrogens (tertiary/aromatic N) is 1. The molecule has 3 heteroatoms. The number of hydrogen-bond acceptors (Lipinski definition) is 3. The van der Waals surface area contributed by atoms with Crippen molar-refractivity contribution in [3.63, 3.8) is 0 Å². The Hall–Kier alpha value is -0.120. The van der Waals surface area contributed by atoms with Crippen molar-refractivity contribution in [2.24, 2.45) is 0 Å². The minimum Gasteiger partial charge on any atom is -0.320 e. The molecular weight excluding hydrogens is 198 g/mol. The molecule has 0 unspecified atom stereocenters. The summed E-state index contributed by atoms with van der Waals surface area (Å²) in [6.07, 6.45) is 1.25. The van der Waals surface area contributed by atoms with E-state index in [1.165, 1.54) is 19.5 Å². The molecule has 16 heavy (non-hydrogen) atoms. The summed E-state index contributed by atoms with van der Waals surface area (Å²) in [5.74, 6) is 0. The normalized spacial score (nSPS) is 14.4. The van der Waals surface area contributed by atoms with Gasteiger partial charge in [0.2, 0.25) is 0 Å². The average Bonchev–Trinajstić information content (AvgIpc) is 2.34. The average molecular weight is 233 g/mol. The van der Waals surface area contributed by atoms with Gasteiger partial charge in [0.05, 0.1) is 0 Å². The molecule has 0 saturated carbocycles. The number of hydrogen-bond donors (Lipinski definition) is 2. The standard InChI is InChI=1S/C5H12N2.C3H9N.C3H8.C2H6/c1-7-4-2-6-3-5-7;1-3-4-2;1-3-2;1-2/h6H,2-5H2,1H3;4H,3H2,1-2H3;3H2,1-2H3;1-2H3. The lowest BCUT2D eigenvalue weighted by Crippen LogP contribution is -2.40. The zero-order valence-corrected chi connectivity index (χ0v) is 12.7. The van der Waals surface area contributed by atoms with E-state index >= 15 is 0 Å². The van der Waals surface area contributed by atoms with Gasteiger partial charge in [-0.15, -0.1) is 0 Å². The van der Waals surface area contributed by atoms with E-state index in [2.05, 4.69) is 43.4 Å². The van der Waals surface area contributed by atoms with Crippen LogP contribution in [0, 0.1) is 0 Å². The van der Waals surface area contributed by atoms with Gasteiger partial charge in [-0.05, 0) is 20.6 Å². The highest BCUT2D eigenvalue weighted by molar-refractivity contribution is 4.62. The van der Waals surface area contributed by atoms with Crippen LogP contribution in [0.3, 0.4) is 0 Å². The number of nitrogens with one attached hydrogen (secondary N) is 2. The molecule has 0 aromatic rings. The monoisotopic (exact) mass is 233 g/mol. The molecule has 1 aliphatic heterocycles. The van der Waals surface area contributed by atoms with Gasteiger partial charge in [0, 0.05) is 26.2 Å². The van der Waals surface area contributed by atoms with Gasteiger partial charge in [0.15, 0.2) is 0 Å². The van der Waals surface area contributed by atoms with Gasteiger partial charge in [-0.3, -0.25) is 0 Å². The first kappa shape index (κ1) is 21.2. The van der Waals surface area contributed by atoms with Gasteiger partial charge in [0.25, 0.3) is 0 Å². The van der Waals surface area contributed by atoms with Crippen LogP contribution in [0.25, 0.3) is 0 Å². The van der Waals surface area contributed by atoms with Crippen LogP contribution in [0.4, 0.5) is 0 Å². The third kappa shape index (κ3) is 29.2. The van der Waals surface area contributed by atoms with Crippen LogP contribution in [-0.4, -0.2) is 51.7 Å². The number of rotatable bonds is 1. The van der Waals surface area contributed by atoms with E-state index in [0.29, 0.717) is 0 Å². The number of piperazine rings is 1. The Morgan fingerprint density at radius 3 is 1.50 bits per heavy atom. The van der Waals surface area contributed by atoms with Crippen LogP contribution in [0.15, 0.2) is 0 Å². The molecule has 1 rings (SSSR count). The summed E-state index contributed by atoms with van der Waals surface area (Å²) in [6, 6.07) is 0. The van der Waals surface area contributed by atoms with Crippen LogP contribution in [-0.2, 0) is 0 Å². The summed E-state index contributed by atoms with van der Waals surface area (Å²) in [6.45, 7) is 16.1. The highest BCUT2D eigenvalue weighted by Crippen LogP contribution is 1.83. The molecule has 3 nitrogen and oxygen atoms in total. The van der Waals surface area contributed by atoms with Gasteiger partial charge in [-0.1, -0.05) is 41.0 Å². The molecule has 0 aliphatic carbocycles. The molecule has 0 aromatic carbocycles. The summed E-state index contributed by atoms with van der Waals surface area (Å²) in [7, 11) is 4.08. The van der Waals surface area contributed by atoms with Gasteiger partial charge >= 0.3 is 0 Å². The van der Waals surface area contributed by atoms with Crippen LogP contribution >= 0.6 is 0 Å². The maximum atomic E-state index is 3.27. The molecule has 0 aromatic heterocycles. The molecule has 1 aliphatic rings. The molecule has 1 saturated heterocycles. The molecule has 1 fully saturated rings. The molecule has 0 spiro atoms. The van der Waals surface area contributed by atoms with Crippen molar-refractivity contribution in [1.82, 2.24) is 15.5 Å². The van der Waals surface area contributed by atoms with E-state index in [0.717, 1.165) is 19.6 Å². The largest absolute Gasteiger partial charge is 0.320 e. The predicted octanol–water partition coefficient (Wildman–Crippen LogP) is 2.19. The second kappa shape index (κ2) is 24.2. The van der Waals surface area contributed by atoms with Gasteiger partial charge in [-0.25, -0.2) is 0 Å². The Morgan fingerprint density at radius 1 is 1.06 bits per heavy atom. The molecule has 0 amide bonds. The summed E-state index contributed by atoms with van der Waals surface area (Å²) >= 11 is 0. The molecule has 1 heterocycles. The van der Waals surface area contributed by atoms with E-state index in [1.54, 1.807) is 0 Å². The highest BCUT2D eigenvalue weighted by atomic mass is 15.2. The van der Waals surface area contributed by atoms with Crippen molar-refractivity contribution in [2.75, 3.05) is 46.8 Å². The topological polar surface area (TPSA) is 27.3 Å². The molecule has 102 valence electrons. The first-order chi connectivity index (χ1) is 7.72. The lowest BCUT2D eigenvalue weighted by atomic mass is 10.4. The molecule has 0 radical (unpaired) electrons. The first-order valence-electron chi connectivity index (χ1n) is 6.76. The fraction of sp³-hybridized carbons (Fsp3) is 1.00. The Morgan fingerprint density at radius 2 is 1.38 bits per heavy atom. The fourth-order valence-corrected chi connectivity index (χ4v) is 0.777. The minimum absolute atomic E-state index is 1.07. The Kier molecular flexibility index (Phi) is 32.1. The molecular formula is C13H35N3. The number of likely N-dealkylation sites (N-methyl/N-ethyl adjacent to an activating group) is 1. The van der Waals surface area contributed by atoms with Crippen molar-refractivity contribution >= 4 is 0 Å². The van der Waals surface area contributed by atoms with E-state index in [-0.39, 0.29) is 0 Å². The van der Waals surface area contributed by atoms with Gasteiger partial charge in [0.1, 0.15) is 0 Å². The summed E-state index contributed by atoms with van der Waals surface area (Å²) in [5.41, 5.74) is 0. The molecule has 0 bridgehead atoms. The van der Waals surface area contributed by atoms with E-state index in [4.69, 9.17) is 0 Å². The quantitative estimate of drug-likeness (QED) is 0.727. The van der Waals surface area contributed by atoms with Crippen molar-refractivity contribution in [3.05, 3.63) is 0 Å². The van der Waals surface area contributed by atoms with Crippen molar-refractivity contribution in [2.45, 2.75) is 41.0 Å². The summed E-state index contributed by atoms with van der Waals surface area (Å²) in [5, 5.41) is 6.20. The van der Waals surface area contributed by atoms with Crippen LogP contribution < -0.4 is 10.6 Å². The third-order valence-corrected chi connectivity index (χ3v) is 1.69. The smallest absolute Gasteiger partial charge is 0.0104 e. The van der Waals surface area contributed by atoms with E-state index in [9.17, 15) is 0 Å². The predicted molar refractivity (Wildman–Crippen MR) is 77.3 cm³/mol. The summed E-state index contributed by atoms with van der Waals surface area (Å²) < 4.78 is 0. The summed E-state index contributed by atoms with van der Waals surface area (Å²) in [4.78, 5) is 2.33. The zero-order valence-electron chi connectivity index (χ0n) is 12.7. The SMILES string of the molecule is CC.CCC.CCNC.CN1CCNCC1.